The van der Waals surface area contributed by atoms with Crippen molar-refractivity contribution in [1.29, 1.82) is 5.26 Å². The van der Waals surface area contributed by atoms with Crippen molar-refractivity contribution >= 4 is 44.4 Å². The van der Waals surface area contributed by atoms with Crippen molar-refractivity contribution < 1.29 is 13.2 Å². The molecule has 1 aromatic heterocycles. The van der Waals surface area contributed by atoms with E-state index in [1.54, 1.807) is 42.5 Å². The number of hydrogen-bond donors (Lipinski definition) is 1. The van der Waals surface area contributed by atoms with Crippen LogP contribution in [0.15, 0.2) is 53.4 Å². The molecule has 2 aromatic carbocycles. The van der Waals surface area contributed by atoms with Gasteiger partial charge in [0, 0.05) is 21.2 Å². The quantitative estimate of drug-likeness (QED) is 0.669. The molecule has 2 heterocycles. The number of carbonyl (C=O) groups is 1. The molecule has 8 heteroatoms. The average molecular weight is 415 g/mol. The molecule has 0 atom stereocenters. The third-order valence-corrected chi connectivity index (χ3v) is 7.29. The maximum absolute atomic E-state index is 12.6. The standard InChI is InChI=1S/C19H11ClN2O3S2/c20-13-4-5-15-17(8-13)27(24,25)10-12-7-16(26-18(12)15)19(23)22-14-3-1-2-11(6-14)9-21/h1-8H,10H2,(H,22,23). The van der Waals surface area contributed by atoms with Gasteiger partial charge in [-0.3, -0.25) is 4.79 Å². The molecule has 27 heavy (non-hydrogen) atoms. The van der Waals surface area contributed by atoms with Gasteiger partial charge in [-0.15, -0.1) is 11.3 Å². The second-order valence-corrected chi connectivity index (χ2v) is 9.46. The van der Waals surface area contributed by atoms with Crippen LogP contribution in [0.25, 0.3) is 10.4 Å². The van der Waals surface area contributed by atoms with E-state index in [1.165, 1.54) is 17.4 Å². The Labute approximate surface area is 164 Å². The highest BCUT2D eigenvalue weighted by molar-refractivity contribution is 7.91. The Balaban J connectivity index is 1.72. The number of fused-ring (bicyclic) bond motifs is 3. The minimum Gasteiger partial charge on any atom is -0.321 e. The maximum atomic E-state index is 12.6. The lowest BCUT2D eigenvalue weighted by atomic mass is 10.1. The summed E-state index contributed by atoms with van der Waals surface area (Å²) < 4.78 is 25.1. The van der Waals surface area contributed by atoms with Crippen LogP contribution in [-0.4, -0.2) is 14.3 Å². The molecule has 5 nitrogen and oxygen atoms in total. The summed E-state index contributed by atoms with van der Waals surface area (Å²) in [5.74, 6) is -0.513. The van der Waals surface area contributed by atoms with E-state index in [0.29, 0.717) is 32.3 Å². The Morgan fingerprint density at radius 3 is 2.78 bits per heavy atom. The second-order valence-electron chi connectivity index (χ2n) is 6.01. The first-order chi connectivity index (χ1) is 12.9. The topological polar surface area (TPSA) is 87.0 Å². The molecule has 0 unspecified atom stereocenters. The summed E-state index contributed by atoms with van der Waals surface area (Å²) in [7, 11) is -3.50. The lowest BCUT2D eigenvalue weighted by molar-refractivity contribution is 0.103. The number of nitrogens with one attached hydrogen (secondary N) is 1. The molecule has 1 N–H and O–H groups in total. The normalized spacial score (nSPS) is 13.9. The van der Waals surface area contributed by atoms with Crippen LogP contribution in [0.5, 0.6) is 0 Å². The monoisotopic (exact) mass is 414 g/mol. The summed E-state index contributed by atoms with van der Waals surface area (Å²) in [4.78, 5) is 14.0. The molecule has 4 rings (SSSR count). The fraction of sp³-hybridized carbons (Fsp3) is 0.0526. The number of rotatable bonds is 2. The van der Waals surface area contributed by atoms with Crippen LogP contribution in [0.3, 0.4) is 0 Å². The third kappa shape index (κ3) is 3.23. The number of thiophene rings is 1. The van der Waals surface area contributed by atoms with Crippen LogP contribution in [0.4, 0.5) is 5.69 Å². The maximum Gasteiger partial charge on any atom is 0.265 e. The van der Waals surface area contributed by atoms with Gasteiger partial charge < -0.3 is 5.32 Å². The highest BCUT2D eigenvalue weighted by Gasteiger charge is 2.31. The summed E-state index contributed by atoms with van der Waals surface area (Å²) in [6, 6.07) is 15.0. The molecule has 134 valence electrons. The van der Waals surface area contributed by atoms with Crippen LogP contribution in [0.1, 0.15) is 20.8 Å². The molecule has 0 fully saturated rings. The summed E-state index contributed by atoms with van der Waals surface area (Å²) in [5.41, 5.74) is 2.11. The number of anilines is 1. The number of nitriles is 1. The predicted octanol–water partition coefficient (Wildman–Crippen LogP) is 4.48. The van der Waals surface area contributed by atoms with Gasteiger partial charge in [0.25, 0.3) is 5.91 Å². The van der Waals surface area contributed by atoms with E-state index in [-0.39, 0.29) is 16.6 Å². The molecule has 0 spiro atoms. The summed E-state index contributed by atoms with van der Waals surface area (Å²) >= 11 is 7.19. The minimum absolute atomic E-state index is 0.163. The predicted molar refractivity (Wildman–Crippen MR) is 105 cm³/mol. The fourth-order valence-electron chi connectivity index (χ4n) is 2.96. The van der Waals surface area contributed by atoms with Crippen LogP contribution in [0, 0.1) is 11.3 Å². The molecule has 0 saturated heterocycles. The summed E-state index contributed by atoms with van der Waals surface area (Å²) in [6.45, 7) is 0. The zero-order valence-electron chi connectivity index (χ0n) is 13.7. The zero-order valence-corrected chi connectivity index (χ0v) is 16.1. The molecule has 0 saturated carbocycles. The van der Waals surface area contributed by atoms with Gasteiger partial charge in [0.2, 0.25) is 0 Å². The largest absolute Gasteiger partial charge is 0.321 e. The van der Waals surface area contributed by atoms with E-state index < -0.39 is 9.84 Å². The first kappa shape index (κ1) is 17.7. The minimum atomic E-state index is -3.50. The molecular formula is C19H11ClN2O3S2. The van der Waals surface area contributed by atoms with Gasteiger partial charge in [-0.1, -0.05) is 23.7 Å². The molecule has 1 aliphatic heterocycles. The van der Waals surface area contributed by atoms with E-state index in [0.717, 1.165) is 4.88 Å². The number of carbonyl (C=O) groups excluding carboxylic acids is 1. The lowest BCUT2D eigenvalue weighted by Crippen LogP contribution is -2.11. The Kier molecular flexibility index (Phi) is 4.27. The number of benzene rings is 2. The Bertz CT molecular complexity index is 1240. The number of nitrogens with zero attached hydrogens (tertiary/aromatic N) is 1. The van der Waals surface area contributed by atoms with Crippen molar-refractivity contribution in [2.75, 3.05) is 5.32 Å². The molecule has 1 aliphatic rings. The first-order valence-corrected chi connectivity index (χ1v) is 10.7. The smallest absolute Gasteiger partial charge is 0.265 e. The SMILES string of the molecule is N#Cc1cccc(NC(=O)c2cc3c(s2)-c2ccc(Cl)cc2S(=O)(=O)C3)c1. The second kappa shape index (κ2) is 6.50. The van der Waals surface area contributed by atoms with Crippen molar-refractivity contribution in [2.45, 2.75) is 10.6 Å². The van der Waals surface area contributed by atoms with E-state index in [2.05, 4.69) is 5.32 Å². The van der Waals surface area contributed by atoms with Crippen LogP contribution in [0.2, 0.25) is 5.02 Å². The highest BCUT2D eigenvalue weighted by atomic mass is 35.5. The van der Waals surface area contributed by atoms with E-state index >= 15 is 0 Å². The van der Waals surface area contributed by atoms with Crippen LogP contribution < -0.4 is 5.32 Å². The van der Waals surface area contributed by atoms with E-state index in [9.17, 15) is 13.2 Å². The average Bonchev–Trinajstić information content (AvgIpc) is 3.05. The van der Waals surface area contributed by atoms with Crippen molar-refractivity contribution in [3.63, 3.8) is 0 Å². The Hall–Kier alpha value is -2.66. The number of amides is 1. The van der Waals surface area contributed by atoms with Crippen molar-refractivity contribution in [2.24, 2.45) is 0 Å². The van der Waals surface area contributed by atoms with Gasteiger partial charge in [-0.25, -0.2) is 8.42 Å². The molecular weight excluding hydrogens is 404 g/mol. The van der Waals surface area contributed by atoms with Gasteiger partial charge in [0.05, 0.1) is 27.2 Å². The first-order valence-electron chi connectivity index (χ1n) is 7.84. The molecule has 1 amide bonds. The number of hydrogen-bond acceptors (Lipinski definition) is 5. The Morgan fingerprint density at radius 1 is 1.19 bits per heavy atom. The fourth-order valence-corrected chi connectivity index (χ4v) is 6.07. The number of sulfone groups is 1. The lowest BCUT2D eigenvalue weighted by Gasteiger charge is -2.16. The van der Waals surface area contributed by atoms with Crippen LogP contribution in [-0.2, 0) is 15.6 Å². The highest BCUT2D eigenvalue weighted by Crippen LogP contribution is 2.43. The van der Waals surface area contributed by atoms with Crippen molar-refractivity contribution in [3.8, 4) is 16.5 Å². The van der Waals surface area contributed by atoms with Gasteiger partial charge in [-0.2, -0.15) is 5.26 Å². The summed E-state index contributed by atoms with van der Waals surface area (Å²) in [6.07, 6.45) is 0. The van der Waals surface area contributed by atoms with Gasteiger partial charge in [0.1, 0.15) is 0 Å². The number of halogens is 1. The third-order valence-electron chi connectivity index (χ3n) is 4.15. The molecule has 0 radical (unpaired) electrons. The van der Waals surface area contributed by atoms with Crippen molar-refractivity contribution in [1.82, 2.24) is 0 Å². The van der Waals surface area contributed by atoms with E-state index in [1.807, 2.05) is 6.07 Å². The van der Waals surface area contributed by atoms with Gasteiger partial charge in [-0.05, 0) is 42.0 Å². The van der Waals surface area contributed by atoms with Crippen LogP contribution >= 0.6 is 22.9 Å². The Morgan fingerprint density at radius 2 is 2.00 bits per heavy atom. The molecule has 0 aliphatic carbocycles. The van der Waals surface area contributed by atoms with Crippen molar-refractivity contribution in [3.05, 3.63) is 69.6 Å². The molecule has 0 bridgehead atoms. The summed E-state index contributed by atoms with van der Waals surface area (Å²) in [5, 5.41) is 12.1. The zero-order chi connectivity index (χ0) is 19.2. The van der Waals surface area contributed by atoms with E-state index in [4.69, 9.17) is 16.9 Å². The van der Waals surface area contributed by atoms with Gasteiger partial charge >= 0.3 is 0 Å². The molecule has 3 aromatic rings. The van der Waals surface area contributed by atoms with Gasteiger partial charge in [0.15, 0.2) is 9.84 Å².